The third-order valence-corrected chi connectivity index (χ3v) is 5.57. The molecule has 2 nitrogen and oxygen atoms in total. The highest BCUT2D eigenvalue weighted by Gasteiger charge is 2.59. The summed E-state index contributed by atoms with van der Waals surface area (Å²) >= 11 is 0. The number of aliphatic hydroxyl groups is 1. The first-order valence-electron chi connectivity index (χ1n) is 7.02. The highest BCUT2D eigenvalue weighted by Crippen LogP contribution is 2.58. The van der Waals surface area contributed by atoms with Gasteiger partial charge in [-0.05, 0) is 43.2 Å². The van der Waals surface area contributed by atoms with Crippen LogP contribution in [0.15, 0.2) is 24.3 Å². The van der Waals surface area contributed by atoms with Gasteiger partial charge in [-0.2, -0.15) is 0 Å². The van der Waals surface area contributed by atoms with E-state index in [4.69, 9.17) is 0 Å². The van der Waals surface area contributed by atoms with Gasteiger partial charge in [0.1, 0.15) is 5.78 Å². The van der Waals surface area contributed by atoms with Gasteiger partial charge in [0, 0.05) is 17.3 Å². The SMILES string of the molecule is O=C1[C@H]2C[C@@]3(CC[C@@H]2O)c2ccccc2CC[C@@H]13. The Morgan fingerprint density at radius 2 is 2.06 bits per heavy atom. The predicted octanol–water partition coefficient (Wildman–Crippen LogP) is 2.23. The Hall–Kier alpha value is -1.15. The van der Waals surface area contributed by atoms with Crippen LogP contribution in [0.5, 0.6) is 0 Å². The van der Waals surface area contributed by atoms with Crippen LogP contribution < -0.4 is 0 Å². The van der Waals surface area contributed by atoms with Gasteiger partial charge >= 0.3 is 0 Å². The molecule has 3 aliphatic rings. The summed E-state index contributed by atoms with van der Waals surface area (Å²) in [7, 11) is 0. The van der Waals surface area contributed by atoms with Crippen molar-refractivity contribution in [2.24, 2.45) is 11.8 Å². The van der Waals surface area contributed by atoms with Gasteiger partial charge in [0.2, 0.25) is 0 Å². The summed E-state index contributed by atoms with van der Waals surface area (Å²) in [5.74, 6) is 0.430. The normalized spacial score (nSPS) is 41.4. The number of hydrogen-bond acceptors (Lipinski definition) is 2. The van der Waals surface area contributed by atoms with Crippen molar-refractivity contribution < 1.29 is 9.90 Å². The second kappa shape index (κ2) is 3.45. The van der Waals surface area contributed by atoms with Crippen molar-refractivity contribution in [3.63, 3.8) is 0 Å². The van der Waals surface area contributed by atoms with Crippen LogP contribution in [-0.4, -0.2) is 17.0 Å². The first-order chi connectivity index (χ1) is 8.72. The molecule has 1 aromatic carbocycles. The van der Waals surface area contributed by atoms with Crippen LogP contribution in [0.25, 0.3) is 0 Å². The molecule has 4 rings (SSSR count). The lowest BCUT2D eigenvalue weighted by Crippen LogP contribution is -2.39. The van der Waals surface area contributed by atoms with E-state index in [0.29, 0.717) is 5.78 Å². The fourth-order valence-electron chi connectivity index (χ4n) is 4.75. The summed E-state index contributed by atoms with van der Waals surface area (Å²) in [5.41, 5.74) is 2.90. The quantitative estimate of drug-likeness (QED) is 0.757. The first kappa shape index (κ1) is 10.7. The molecule has 0 amide bonds. The maximum absolute atomic E-state index is 12.5. The van der Waals surface area contributed by atoms with E-state index in [-0.39, 0.29) is 23.4 Å². The molecule has 0 radical (unpaired) electrons. The summed E-state index contributed by atoms with van der Waals surface area (Å²) in [6.45, 7) is 0. The van der Waals surface area contributed by atoms with E-state index in [1.54, 1.807) is 0 Å². The van der Waals surface area contributed by atoms with Gasteiger partial charge in [-0.1, -0.05) is 24.3 Å². The minimum Gasteiger partial charge on any atom is -0.392 e. The Balaban J connectivity index is 1.90. The van der Waals surface area contributed by atoms with E-state index in [1.807, 2.05) is 0 Å². The number of aliphatic hydroxyl groups excluding tert-OH is 1. The predicted molar refractivity (Wildman–Crippen MR) is 68.3 cm³/mol. The van der Waals surface area contributed by atoms with Crippen LogP contribution in [0.3, 0.4) is 0 Å². The maximum Gasteiger partial charge on any atom is 0.142 e. The molecule has 2 heteroatoms. The van der Waals surface area contributed by atoms with Crippen LogP contribution >= 0.6 is 0 Å². The third kappa shape index (κ3) is 1.15. The van der Waals surface area contributed by atoms with Crippen LogP contribution in [-0.2, 0) is 16.6 Å². The van der Waals surface area contributed by atoms with Crippen molar-refractivity contribution in [1.29, 1.82) is 0 Å². The molecular weight excluding hydrogens is 224 g/mol. The number of carbonyl (C=O) groups excluding carboxylic acids is 1. The van der Waals surface area contributed by atoms with E-state index in [9.17, 15) is 9.90 Å². The second-order valence-corrected chi connectivity index (χ2v) is 6.22. The average molecular weight is 242 g/mol. The number of carbonyl (C=O) groups is 1. The molecule has 0 aliphatic heterocycles. The third-order valence-electron chi connectivity index (χ3n) is 5.57. The molecule has 0 saturated heterocycles. The smallest absolute Gasteiger partial charge is 0.142 e. The van der Waals surface area contributed by atoms with Crippen LogP contribution in [0.4, 0.5) is 0 Å². The molecule has 0 unspecified atom stereocenters. The molecule has 2 saturated carbocycles. The van der Waals surface area contributed by atoms with E-state index in [2.05, 4.69) is 24.3 Å². The van der Waals surface area contributed by atoms with Crippen molar-refractivity contribution in [2.75, 3.05) is 0 Å². The molecular formula is C16H18O2. The van der Waals surface area contributed by atoms with Gasteiger partial charge in [0.15, 0.2) is 0 Å². The Labute approximate surface area is 107 Å². The Kier molecular flexibility index (Phi) is 2.06. The number of ketones is 1. The van der Waals surface area contributed by atoms with E-state index < -0.39 is 0 Å². The lowest BCUT2D eigenvalue weighted by atomic mass is 9.61. The summed E-state index contributed by atoms with van der Waals surface area (Å²) in [6.07, 6.45) is 4.28. The Bertz CT molecular complexity index is 522. The number of Topliss-reactive ketones (excluding diaryl/α,β-unsaturated/α-hetero) is 1. The highest BCUT2D eigenvalue weighted by molar-refractivity contribution is 5.89. The van der Waals surface area contributed by atoms with Gasteiger partial charge in [0.05, 0.1) is 6.10 Å². The van der Waals surface area contributed by atoms with Crippen molar-refractivity contribution in [2.45, 2.75) is 43.6 Å². The topological polar surface area (TPSA) is 37.3 Å². The lowest BCUT2D eigenvalue weighted by molar-refractivity contribution is -0.126. The van der Waals surface area contributed by atoms with Crippen molar-refractivity contribution in [3.05, 3.63) is 35.4 Å². The fourth-order valence-corrected chi connectivity index (χ4v) is 4.75. The molecule has 1 spiro atoms. The molecule has 2 fully saturated rings. The molecule has 1 aromatic rings. The minimum atomic E-state index is -0.388. The summed E-state index contributed by atoms with van der Waals surface area (Å²) in [5, 5.41) is 10.0. The Morgan fingerprint density at radius 3 is 2.94 bits per heavy atom. The zero-order valence-corrected chi connectivity index (χ0v) is 10.4. The van der Waals surface area contributed by atoms with Gasteiger partial charge in [-0.3, -0.25) is 4.79 Å². The van der Waals surface area contributed by atoms with Crippen LogP contribution in [0.2, 0.25) is 0 Å². The largest absolute Gasteiger partial charge is 0.392 e. The molecule has 2 bridgehead atoms. The molecule has 3 aliphatic carbocycles. The monoisotopic (exact) mass is 242 g/mol. The number of hydrogen-bond donors (Lipinski definition) is 1. The first-order valence-corrected chi connectivity index (χ1v) is 7.02. The van der Waals surface area contributed by atoms with E-state index in [1.165, 1.54) is 11.1 Å². The fraction of sp³-hybridized carbons (Fsp3) is 0.562. The zero-order chi connectivity index (χ0) is 12.3. The van der Waals surface area contributed by atoms with Gasteiger partial charge in [0.25, 0.3) is 0 Å². The standard InChI is InChI=1S/C16H18O2/c17-14-7-8-16-9-11(14)15(18)13(16)6-5-10-3-1-2-4-12(10)16/h1-4,11,13-14,17H,5-9H2/t11-,13-,14-,16-/m0/s1. The summed E-state index contributed by atoms with van der Waals surface area (Å²) < 4.78 is 0. The number of benzene rings is 1. The molecule has 18 heavy (non-hydrogen) atoms. The molecule has 1 N–H and O–H groups in total. The number of fused-ring (bicyclic) bond motifs is 2. The number of rotatable bonds is 0. The van der Waals surface area contributed by atoms with Gasteiger partial charge in [-0.15, -0.1) is 0 Å². The summed E-state index contributed by atoms with van der Waals surface area (Å²) in [6, 6.07) is 8.62. The molecule has 0 aromatic heterocycles. The maximum atomic E-state index is 12.5. The molecule has 94 valence electrons. The van der Waals surface area contributed by atoms with Crippen molar-refractivity contribution >= 4 is 5.78 Å². The molecule has 4 atom stereocenters. The van der Waals surface area contributed by atoms with Gasteiger partial charge in [-0.25, -0.2) is 0 Å². The minimum absolute atomic E-state index is 0.0653. The van der Waals surface area contributed by atoms with Crippen LogP contribution in [0.1, 0.15) is 36.8 Å². The Morgan fingerprint density at radius 1 is 1.22 bits per heavy atom. The number of aryl methyl sites for hydroxylation is 1. The van der Waals surface area contributed by atoms with E-state index >= 15 is 0 Å². The zero-order valence-electron chi connectivity index (χ0n) is 10.4. The summed E-state index contributed by atoms with van der Waals surface area (Å²) in [4.78, 5) is 12.5. The van der Waals surface area contributed by atoms with Crippen molar-refractivity contribution in [1.82, 2.24) is 0 Å². The van der Waals surface area contributed by atoms with Gasteiger partial charge < -0.3 is 5.11 Å². The highest BCUT2D eigenvalue weighted by atomic mass is 16.3. The van der Waals surface area contributed by atoms with Crippen LogP contribution in [0, 0.1) is 11.8 Å². The van der Waals surface area contributed by atoms with Crippen molar-refractivity contribution in [3.8, 4) is 0 Å². The lowest BCUT2D eigenvalue weighted by Gasteiger charge is -2.42. The average Bonchev–Trinajstić information content (AvgIpc) is 2.65. The van der Waals surface area contributed by atoms with E-state index in [0.717, 1.165) is 32.1 Å². The second-order valence-electron chi connectivity index (χ2n) is 6.22. The molecule has 0 heterocycles.